The molecule has 32 heteroatoms. The molecule has 0 saturated heterocycles. The van der Waals surface area contributed by atoms with Crippen LogP contribution < -0.4 is 57.5 Å². The predicted octanol–water partition coefficient (Wildman–Crippen LogP) is 11.4. The number of carbonyl (C=O) groups excluding carboxylic acids is 9. The lowest BCUT2D eigenvalue weighted by molar-refractivity contribution is -0.141. The zero-order chi connectivity index (χ0) is 102. The fraction of sp³-hybridized carbons (Fsp3) is 0.500. The molecule has 6 rings (SSSR count). The largest absolute Gasteiger partial charge is 0.399 e. The molecule has 0 heterocycles. The van der Waals surface area contributed by atoms with Crippen LogP contribution in [-0.2, 0) is 108 Å². The number of benzene rings is 6. The molecular formula is C102H152N14O15S3. The van der Waals surface area contributed by atoms with Crippen LogP contribution in [0.5, 0.6) is 0 Å². The zero-order valence-corrected chi connectivity index (χ0v) is 86.7. The maximum absolute atomic E-state index is 14.1. The van der Waals surface area contributed by atoms with Gasteiger partial charge in [0.1, 0.15) is 18.1 Å². The van der Waals surface area contributed by atoms with E-state index in [1.807, 2.05) is 236 Å². The highest BCUT2D eigenvalue weighted by Crippen LogP contribution is 2.34. The third kappa shape index (κ3) is 33.1. The first-order valence-electron chi connectivity index (χ1n) is 45.1. The van der Waals surface area contributed by atoms with E-state index in [-0.39, 0.29) is 92.9 Å². The van der Waals surface area contributed by atoms with Crippen LogP contribution in [0.2, 0.25) is 0 Å². The van der Waals surface area contributed by atoms with Gasteiger partial charge in [0.2, 0.25) is 55.5 Å². The number of carbonyl (C=O) groups is 9. The standard InChI is InChI=1S/2C34H51N5O5S.C34H50N4O5S/c1-22(2)27(20-23(3)30(40)38-45(43,44)21-24-16-18-26(35)19-17-24)39(10)32(42)29(33(4,5)6)37-31(41)28(36-9)34(7,8)25-14-12-11-13-15-25;1-22(2)27(20-23(3)30(40)38-45(43,44)26-18-16-24(21-35)17-19-26)39(10)32(42)29(33(4,5)6)37-31(41)28(36-9)34(7,8)25-14-12-11-13-15-25;1-23(2)27(21-24(3)30(39)37-44(42,43)22-25-17-13-11-14-18-25)38(10)32(41)29(33(4,5)6)36-31(40)28(35-9)34(7,8)26-19-15-12-16-20-26/h2*11-20,22,27-29,36H,21,35H2,1-10H3,(H,37,41)(H,38,40);11-21,23,27-29,35H,22H2,1-10H3,(H,36,40)(H,37,39)/b2*23-20+;24-21+/t3*27-,28-,29-/m111/s1. The van der Waals surface area contributed by atoms with Crippen molar-refractivity contribution < 1.29 is 68.4 Å². The summed E-state index contributed by atoms with van der Waals surface area (Å²) in [5.74, 6) is -5.37. The van der Waals surface area contributed by atoms with E-state index in [1.54, 1.807) is 127 Å². The van der Waals surface area contributed by atoms with E-state index in [9.17, 15) is 68.4 Å². The summed E-state index contributed by atoms with van der Waals surface area (Å²) < 4.78 is 82.8. The summed E-state index contributed by atoms with van der Waals surface area (Å²) >= 11 is 0. The Morgan fingerprint density at radius 2 is 0.582 bits per heavy atom. The highest BCUT2D eigenvalue weighted by atomic mass is 32.2. The van der Waals surface area contributed by atoms with E-state index in [0.29, 0.717) is 16.8 Å². The van der Waals surface area contributed by atoms with Gasteiger partial charge in [0.15, 0.2) is 0 Å². The number of sulfonamides is 3. The zero-order valence-electron chi connectivity index (χ0n) is 84.3. The number of nitrogen functional groups attached to an aromatic ring is 1. The molecule has 0 aromatic heterocycles. The van der Waals surface area contributed by atoms with Gasteiger partial charge in [-0.2, -0.15) is 0 Å². The summed E-state index contributed by atoms with van der Waals surface area (Å²) in [7, 11) is -2.00. The minimum absolute atomic E-state index is 0.0624. The Kier molecular flexibility index (Phi) is 42.4. The van der Waals surface area contributed by atoms with Gasteiger partial charge in [0.05, 0.1) is 52.7 Å². The molecule has 6 aromatic rings. The van der Waals surface area contributed by atoms with E-state index in [1.165, 1.54) is 47.6 Å². The normalized spacial score (nSPS) is 14.8. The Morgan fingerprint density at radius 3 is 0.821 bits per heavy atom. The summed E-state index contributed by atoms with van der Waals surface area (Å²) in [4.78, 5) is 127. The number of nitrogens with one attached hydrogen (secondary N) is 9. The second-order valence-corrected chi connectivity index (χ2v) is 45.5. The van der Waals surface area contributed by atoms with Crippen molar-refractivity contribution in [3.8, 4) is 0 Å². The molecule has 134 heavy (non-hydrogen) atoms. The molecule has 0 unspecified atom stereocenters. The molecule has 29 nitrogen and oxygen atoms in total. The first kappa shape index (κ1) is 116. The first-order chi connectivity index (χ1) is 61.8. The van der Waals surface area contributed by atoms with E-state index >= 15 is 0 Å². The van der Waals surface area contributed by atoms with Crippen LogP contribution in [0.25, 0.3) is 0 Å². The molecule has 738 valence electrons. The molecule has 6 aromatic carbocycles. The first-order valence-corrected chi connectivity index (χ1v) is 49.9. The molecule has 13 N–H and O–H groups in total. The molecule has 9 atom stereocenters. The number of nitrogens with two attached hydrogens (primary N) is 2. The summed E-state index contributed by atoms with van der Waals surface area (Å²) in [5, 5.41) is 18.5. The van der Waals surface area contributed by atoms with Gasteiger partial charge in [0, 0.05) is 66.3 Å². The number of likely N-dealkylation sites (N-methyl/N-ethyl adjacent to an activating group) is 6. The van der Waals surface area contributed by atoms with Crippen LogP contribution in [0, 0.1) is 34.0 Å². The highest BCUT2D eigenvalue weighted by Gasteiger charge is 2.46. The Hall–Kier alpha value is -10.7. The lowest BCUT2D eigenvalue weighted by Crippen LogP contribution is -2.61. The van der Waals surface area contributed by atoms with Crippen LogP contribution in [0.3, 0.4) is 0 Å². The molecule has 0 aliphatic heterocycles. The average Bonchev–Trinajstić information content (AvgIpc) is 0.793. The van der Waals surface area contributed by atoms with Crippen molar-refractivity contribution in [2.45, 2.75) is 260 Å². The Morgan fingerprint density at radius 1 is 0.343 bits per heavy atom. The maximum Gasteiger partial charge on any atom is 0.264 e. The highest BCUT2D eigenvalue weighted by molar-refractivity contribution is 7.90. The number of hydrogen-bond acceptors (Lipinski definition) is 20. The van der Waals surface area contributed by atoms with Crippen LogP contribution in [0.4, 0.5) is 5.69 Å². The summed E-state index contributed by atoms with van der Waals surface area (Å²) in [6.45, 7) is 45.0. The van der Waals surface area contributed by atoms with E-state index in [0.717, 1.165) is 22.3 Å². The van der Waals surface area contributed by atoms with Crippen molar-refractivity contribution in [2.24, 2.45) is 39.7 Å². The molecule has 0 bridgehead atoms. The second kappa shape index (κ2) is 49.1. The van der Waals surface area contributed by atoms with Crippen LogP contribution in [0.1, 0.15) is 200 Å². The van der Waals surface area contributed by atoms with Gasteiger partial charge in [0.25, 0.3) is 27.7 Å². The van der Waals surface area contributed by atoms with Gasteiger partial charge in [-0.25, -0.2) is 39.4 Å². The van der Waals surface area contributed by atoms with Gasteiger partial charge >= 0.3 is 0 Å². The van der Waals surface area contributed by atoms with Gasteiger partial charge in [-0.15, -0.1) is 0 Å². The monoisotopic (exact) mass is 1910 g/mol. The summed E-state index contributed by atoms with van der Waals surface area (Å²) in [6.07, 6.45) is 4.78. The van der Waals surface area contributed by atoms with Crippen molar-refractivity contribution in [1.82, 2.24) is 60.8 Å². The third-order valence-electron chi connectivity index (χ3n) is 24.1. The molecule has 0 fully saturated rings. The topological polar surface area (TPSA) is 426 Å². The SMILES string of the molecule is CN[C@H](C(=O)N[C@H](C(=O)N(C)[C@H](/C=C(\C)C(=O)NS(=O)(=O)Cc1ccc(N)cc1)C(C)C)C(C)(C)C)C(C)(C)c1ccccc1.CN[C@H](C(=O)N[C@H](C(=O)N(C)[C@H](/C=C(\C)C(=O)NS(=O)(=O)Cc1ccccc1)C(C)C)C(C)(C)C)C(C)(C)c1ccccc1.CN[C@H](C(=O)N[C@H](C(=O)N(C)[C@H](/C=C(\C)C(=O)NS(=O)(=O)c1ccc(CN)cc1)C(C)C)C(C)(C)C)C(C)(C)c1ccccc1. The van der Waals surface area contributed by atoms with Gasteiger partial charge < -0.3 is 58.1 Å². The minimum Gasteiger partial charge on any atom is -0.399 e. The predicted molar refractivity (Wildman–Crippen MR) is 535 cm³/mol. The Bertz CT molecular complexity index is 5400. The smallest absolute Gasteiger partial charge is 0.264 e. The molecule has 0 aliphatic rings. The Labute approximate surface area is 798 Å². The summed E-state index contributed by atoms with van der Waals surface area (Å²) in [5.41, 5.74) is 13.3. The lowest BCUT2D eigenvalue weighted by atomic mass is 9.76. The van der Waals surface area contributed by atoms with Crippen LogP contribution in [-0.4, -0.2) is 190 Å². The molecule has 9 amide bonds. The third-order valence-corrected chi connectivity index (χ3v) is 27.8. The molecule has 0 aliphatic carbocycles. The van der Waals surface area contributed by atoms with Gasteiger partial charge in [-0.05, 0) is 134 Å². The molecule has 0 radical (unpaired) electrons. The second-order valence-electron chi connectivity index (χ2n) is 40.3. The van der Waals surface area contributed by atoms with Crippen LogP contribution in [0.15, 0.2) is 210 Å². The van der Waals surface area contributed by atoms with Gasteiger partial charge in [-0.3, -0.25) is 43.2 Å². The molecule has 0 saturated carbocycles. The quantitative estimate of drug-likeness (QED) is 0.0126. The molecule has 0 spiro atoms. The van der Waals surface area contributed by atoms with Crippen molar-refractivity contribution >= 4 is 88.9 Å². The average molecular weight is 1910 g/mol. The van der Waals surface area contributed by atoms with Crippen molar-refractivity contribution in [3.63, 3.8) is 0 Å². The van der Waals surface area contributed by atoms with E-state index < -0.39 is 135 Å². The summed E-state index contributed by atoms with van der Waals surface area (Å²) in [6, 6.07) is 43.8. The van der Waals surface area contributed by atoms with Gasteiger partial charge in [-0.1, -0.05) is 309 Å². The van der Waals surface area contributed by atoms with E-state index in [2.05, 4.69) is 46.1 Å². The van der Waals surface area contributed by atoms with Crippen LogP contribution >= 0.6 is 0 Å². The Balaban J connectivity index is 0.000000420. The number of amides is 9. The van der Waals surface area contributed by atoms with E-state index in [4.69, 9.17) is 11.5 Å². The van der Waals surface area contributed by atoms with Crippen molar-refractivity contribution in [3.05, 3.63) is 238 Å². The van der Waals surface area contributed by atoms with Crippen molar-refractivity contribution in [1.29, 1.82) is 0 Å². The molecular weight excluding hydrogens is 1760 g/mol. The number of hydrogen-bond donors (Lipinski definition) is 11. The number of rotatable bonds is 39. The maximum atomic E-state index is 14.1. The minimum atomic E-state index is -4.13. The number of nitrogens with zero attached hydrogens (tertiary/aromatic N) is 3. The van der Waals surface area contributed by atoms with Crippen molar-refractivity contribution in [2.75, 3.05) is 48.0 Å². The lowest BCUT2D eigenvalue weighted by Gasteiger charge is -2.40. The fourth-order valence-electron chi connectivity index (χ4n) is 15.7. The number of anilines is 1. The fourth-order valence-corrected chi connectivity index (χ4v) is 19.0.